The van der Waals surface area contributed by atoms with Crippen LogP contribution in [0.1, 0.15) is 35.7 Å². The molecule has 0 aromatic heterocycles. The molecule has 0 radical (unpaired) electrons. The monoisotopic (exact) mass is 396 g/mol. The Kier molecular flexibility index (Phi) is 6.29. The lowest BCUT2D eigenvalue weighted by Crippen LogP contribution is -2.38. The summed E-state index contributed by atoms with van der Waals surface area (Å²) in [4.78, 5) is 37.2. The molecule has 24 heavy (non-hydrogen) atoms. The largest absolute Gasteiger partial charge is 0.490 e. The van der Waals surface area contributed by atoms with E-state index in [1.165, 1.54) is 0 Å². The van der Waals surface area contributed by atoms with Gasteiger partial charge in [-0.15, -0.1) is 0 Å². The van der Waals surface area contributed by atoms with Crippen LogP contribution in [0.25, 0.3) is 0 Å². The lowest BCUT2D eigenvalue weighted by molar-refractivity contribution is -0.134. The molecule has 0 spiro atoms. The van der Waals surface area contributed by atoms with Crippen molar-refractivity contribution >= 4 is 33.3 Å². The van der Waals surface area contributed by atoms with Crippen LogP contribution in [0.15, 0.2) is 16.6 Å². The molecule has 6 heteroatoms. The summed E-state index contributed by atoms with van der Waals surface area (Å²) in [6, 6.07) is 3.33. The number of Topliss-reactive ketones (excluding diaryl/α,β-unsaturated/α-hetero) is 3. The fraction of sp³-hybridized carbons (Fsp3) is 0.500. The van der Waals surface area contributed by atoms with E-state index in [4.69, 9.17) is 9.47 Å². The van der Waals surface area contributed by atoms with Gasteiger partial charge in [0.05, 0.1) is 11.1 Å². The van der Waals surface area contributed by atoms with Crippen LogP contribution in [0.5, 0.6) is 5.75 Å². The van der Waals surface area contributed by atoms with E-state index in [0.717, 1.165) is 0 Å². The molecule has 0 N–H and O–H groups in total. The molecule has 0 atom stereocenters. The summed E-state index contributed by atoms with van der Waals surface area (Å²) in [5, 5.41) is 0. The molecule has 5 nitrogen and oxygen atoms in total. The van der Waals surface area contributed by atoms with Crippen LogP contribution >= 0.6 is 15.9 Å². The van der Waals surface area contributed by atoms with Crippen LogP contribution in [0, 0.1) is 18.8 Å². The van der Waals surface area contributed by atoms with Crippen LogP contribution in [-0.4, -0.2) is 37.7 Å². The van der Waals surface area contributed by atoms with Gasteiger partial charge in [-0.25, -0.2) is 0 Å². The summed E-state index contributed by atoms with van der Waals surface area (Å²) in [6.45, 7) is 4.36. The first-order valence-corrected chi connectivity index (χ1v) is 8.66. The fourth-order valence-corrected chi connectivity index (χ4v) is 3.50. The van der Waals surface area contributed by atoms with Gasteiger partial charge in [0.2, 0.25) is 0 Å². The number of hydrogen-bond acceptors (Lipinski definition) is 5. The van der Waals surface area contributed by atoms with Crippen molar-refractivity contribution in [2.75, 3.05) is 20.3 Å². The van der Waals surface area contributed by atoms with Crippen LogP contribution in [0.2, 0.25) is 0 Å². The van der Waals surface area contributed by atoms with Gasteiger partial charge in [0, 0.05) is 31.1 Å². The average Bonchev–Trinajstić information content (AvgIpc) is 2.49. The maximum Gasteiger partial charge on any atom is 0.181 e. The van der Waals surface area contributed by atoms with E-state index in [9.17, 15) is 14.4 Å². The summed E-state index contributed by atoms with van der Waals surface area (Å²) in [7, 11) is 1.58. The lowest BCUT2D eigenvalue weighted by atomic mass is 9.77. The molecular weight excluding hydrogens is 376 g/mol. The van der Waals surface area contributed by atoms with Gasteiger partial charge in [0.15, 0.2) is 17.3 Å². The number of halogens is 1. The number of carbonyl (C=O) groups is 3. The Morgan fingerprint density at radius 3 is 2.42 bits per heavy atom. The van der Waals surface area contributed by atoms with Gasteiger partial charge in [-0.3, -0.25) is 14.4 Å². The van der Waals surface area contributed by atoms with Crippen molar-refractivity contribution in [2.24, 2.45) is 11.8 Å². The van der Waals surface area contributed by atoms with Gasteiger partial charge in [-0.05, 0) is 40.9 Å². The number of rotatable bonds is 6. The van der Waals surface area contributed by atoms with E-state index in [-0.39, 0.29) is 30.3 Å². The van der Waals surface area contributed by atoms with Crippen molar-refractivity contribution in [2.45, 2.75) is 26.7 Å². The Morgan fingerprint density at radius 2 is 1.83 bits per heavy atom. The maximum atomic E-state index is 12.8. The molecule has 1 aromatic carbocycles. The molecule has 130 valence electrons. The third-order valence-corrected chi connectivity index (χ3v) is 4.79. The highest BCUT2D eigenvalue weighted by molar-refractivity contribution is 9.10. The number of methoxy groups -OCH3 is 1. The third-order valence-electron chi connectivity index (χ3n) is 4.16. The number of benzene rings is 1. The normalized spacial score (nSPS) is 21.0. The molecule has 0 heterocycles. The summed E-state index contributed by atoms with van der Waals surface area (Å²) >= 11 is 3.40. The summed E-state index contributed by atoms with van der Waals surface area (Å²) < 4.78 is 11.3. The molecule has 2 rings (SSSR count). The summed E-state index contributed by atoms with van der Waals surface area (Å²) in [5.74, 6) is -1.64. The summed E-state index contributed by atoms with van der Waals surface area (Å²) in [5.41, 5.74) is 0.969. The molecule has 1 aliphatic carbocycles. The Morgan fingerprint density at radius 1 is 1.21 bits per heavy atom. The Bertz CT molecular complexity index is 650. The lowest BCUT2D eigenvalue weighted by Gasteiger charge is -2.24. The van der Waals surface area contributed by atoms with Crippen LogP contribution < -0.4 is 4.74 Å². The van der Waals surface area contributed by atoms with Gasteiger partial charge in [-0.2, -0.15) is 0 Å². The molecule has 0 bridgehead atoms. The highest BCUT2D eigenvalue weighted by Crippen LogP contribution is 2.34. The standard InChI is InChI=1S/C18H21BrO5/c1-10-8-14(20)16(15(21)9-10)17(22)12-4-5-13(19)18(11(12)2)24-7-6-23-3/h4-5,10,16H,6-9H2,1-3H3. The molecule has 0 aliphatic heterocycles. The first-order valence-electron chi connectivity index (χ1n) is 7.87. The number of ketones is 3. The number of hydrogen-bond donors (Lipinski definition) is 0. The van der Waals surface area contributed by atoms with Crippen molar-refractivity contribution < 1.29 is 23.9 Å². The predicted molar refractivity (Wildman–Crippen MR) is 92.5 cm³/mol. The minimum atomic E-state index is -1.17. The molecule has 0 saturated heterocycles. The highest BCUT2D eigenvalue weighted by atomic mass is 79.9. The second-order valence-corrected chi connectivity index (χ2v) is 6.99. The van der Waals surface area contributed by atoms with Crippen LogP contribution in [0.3, 0.4) is 0 Å². The highest BCUT2D eigenvalue weighted by Gasteiger charge is 2.39. The van der Waals surface area contributed by atoms with Crippen LogP contribution in [-0.2, 0) is 14.3 Å². The van der Waals surface area contributed by atoms with E-state index in [0.29, 0.717) is 34.6 Å². The summed E-state index contributed by atoms with van der Waals surface area (Å²) in [6.07, 6.45) is 0.545. The molecule has 1 saturated carbocycles. The predicted octanol–water partition coefficient (Wildman–Crippen LogP) is 3.15. The first-order chi connectivity index (χ1) is 11.4. The Balaban J connectivity index is 2.31. The fourth-order valence-electron chi connectivity index (χ4n) is 2.95. The molecular formula is C18H21BrO5. The van der Waals surface area contributed by atoms with E-state index in [1.807, 2.05) is 6.92 Å². The maximum absolute atomic E-state index is 12.8. The molecule has 0 amide bonds. The third kappa shape index (κ3) is 3.92. The van der Waals surface area contributed by atoms with Gasteiger partial charge in [-0.1, -0.05) is 6.92 Å². The zero-order valence-corrected chi connectivity index (χ0v) is 15.6. The molecule has 1 fully saturated rings. The molecule has 0 unspecified atom stereocenters. The van der Waals surface area contributed by atoms with E-state index >= 15 is 0 Å². The Hall–Kier alpha value is -1.53. The smallest absolute Gasteiger partial charge is 0.181 e. The number of carbonyl (C=O) groups excluding carboxylic acids is 3. The number of ether oxygens (including phenoxy) is 2. The topological polar surface area (TPSA) is 69.7 Å². The SMILES string of the molecule is COCCOc1c(Br)ccc(C(=O)C2C(=O)CC(C)CC2=O)c1C. The van der Waals surface area contributed by atoms with Crippen molar-refractivity contribution in [3.8, 4) is 5.75 Å². The zero-order chi connectivity index (χ0) is 17.9. The first kappa shape index (κ1) is 18.8. The molecule has 1 aromatic rings. The van der Waals surface area contributed by atoms with Crippen molar-refractivity contribution in [3.63, 3.8) is 0 Å². The quantitative estimate of drug-likeness (QED) is 0.419. The second-order valence-electron chi connectivity index (χ2n) is 6.13. The van der Waals surface area contributed by atoms with E-state index < -0.39 is 11.7 Å². The van der Waals surface area contributed by atoms with E-state index in [1.54, 1.807) is 26.2 Å². The van der Waals surface area contributed by atoms with E-state index in [2.05, 4.69) is 15.9 Å². The average molecular weight is 397 g/mol. The van der Waals surface area contributed by atoms with Gasteiger partial charge < -0.3 is 9.47 Å². The Labute approximate surface area is 149 Å². The molecule has 1 aliphatic rings. The zero-order valence-electron chi connectivity index (χ0n) is 14.1. The minimum absolute atomic E-state index is 0.00741. The minimum Gasteiger partial charge on any atom is -0.490 e. The van der Waals surface area contributed by atoms with Crippen LogP contribution in [0.4, 0.5) is 0 Å². The van der Waals surface area contributed by atoms with Crippen molar-refractivity contribution in [1.29, 1.82) is 0 Å². The van der Waals surface area contributed by atoms with Gasteiger partial charge in [0.25, 0.3) is 0 Å². The van der Waals surface area contributed by atoms with Crippen molar-refractivity contribution in [1.82, 2.24) is 0 Å². The van der Waals surface area contributed by atoms with Gasteiger partial charge >= 0.3 is 0 Å². The second kappa shape index (κ2) is 8.03. The van der Waals surface area contributed by atoms with Gasteiger partial charge in [0.1, 0.15) is 18.3 Å². The van der Waals surface area contributed by atoms with Crippen molar-refractivity contribution in [3.05, 3.63) is 27.7 Å².